The highest BCUT2D eigenvalue weighted by molar-refractivity contribution is 7.81. The third-order valence-electron chi connectivity index (χ3n) is 2.78. The molecule has 1 heterocycles. The first kappa shape index (κ1) is 11.1. The van der Waals surface area contributed by atoms with E-state index in [-0.39, 0.29) is 0 Å². The Hall–Kier alpha value is 0.0500. The molecular formula is C11H20OS. The average Bonchev–Trinajstić information content (AvgIpc) is 2.20. The molecule has 0 radical (unpaired) electrons. The summed E-state index contributed by atoms with van der Waals surface area (Å²) < 4.78 is 5.73. The molecule has 0 saturated carbocycles. The summed E-state index contributed by atoms with van der Waals surface area (Å²) >= 11 is 4.56. The number of ether oxygens (including phenoxy) is 1. The van der Waals surface area contributed by atoms with Gasteiger partial charge in [0.05, 0.1) is 6.10 Å². The third-order valence-corrected chi connectivity index (χ3v) is 3.49. The maximum atomic E-state index is 5.73. The first-order chi connectivity index (χ1) is 6.29. The summed E-state index contributed by atoms with van der Waals surface area (Å²) in [5.74, 6) is 0.425. The van der Waals surface area contributed by atoms with Crippen LogP contribution < -0.4 is 0 Å². The van der Waals surface area contributed by atoms with Crippen molar-refractivity contribution in [3.05, 3.63) is 12.7 Å². The molecule has 1 aliphatic heterocycles. The van der Waals surface area contributed by atoms with Gasteiger partial charge in [0.15, 0.2) is 0 Å². The quantitative estimate of drug-likeness (QED) is 0.542. The minimum absolute atomic E-state index is 0.369. The second-order valence-electron chi connectivity index (χ2n) is 3.69. The van der Waals surface area contributed by atoms with Crippen molar-refractivity contribution in [3.63, 3.8) is 0 Å². The maximum Gasteiger partial charge on any atom is 0.0648 e. The summed E-state index contributed by atoms with van der Waals surface area (Å²) in [4.78, 5) is 0. The van der Waals surface area contributed by atoms with Gasteiger partial charge in [-0.15, -0.1) is 6.58 Å². The van der Waals surface area contributed by atoms with Crippen LogP contribution in [0.15, 0.2) is 12.7 Å². The number of hydrogen-bond donors (Lipinski definition) is 1. The van der Waals surface area contributed by atoms with Gasteiger partial charge in [0.2, 0.25) is 0 Å². The van der Waals surface area contributed by atoms with Crippen LogP contribution in [0.25, 0.3) is 0 Å². The Labute approximate surface area is 87.0 Å². The molecule has 0 spiro atoms. The van der Waals surface area contributed by atoms with Gasteiger partial charge in [-0.2, -0.15) is 12.6 Å². The first-order valence-electron chi connectivity index (χ1n) is 5.21. The van der Waals surface area contributed by atoms with E-state index < -0.39 is 0 Å². The second-order valence-corrected chi connectivity index (χ2v) is 4.36. The van der Waals surface area contributed by atoms with E-state index in [0.717, 1.165) is 13.0 Å². The molecule has 76 valence electrons. The van der Waals surface area contributed by atoms with Crippen molar-refractivity contribution in [2.24, 2.45) is 5.92 Å². The highest BCUT2D eigenvalue weighted by Gasteiger charge is 2.26. The minimum Gasteiger partial charge on any atom is -0.378 e. The van der Waals surface area contributed by atoms with Crippen LogP contribution in [0, 0.1) is 5.92 Å². The molecule has 1 fully saturated rings. The average molecular weight is 200 g/mol. The van der Waals surface area contributed by atoms with Crippen LogP contribution in [-0.2, 0) is 4.74 Å². The Morgan fingerprint density at radius 2 is 2.38 bits per heavy atom. The molecule has 0 aromatic rings. The van der Waals surface area contributed by atoms with E-state index in [1.54, 1.807) is 0 Å². The molecule has 0 amide bonds. The first-order valence-corrected chi connectivity index (χ1v) is 5.73. The van der Waals surface area contributed by atoms with Crippen molar-refractivity contribution in [2.45, 2.75) is 44.0 Å². The highest BCUT2D eigenvalue weighted by Crippen LogP contribution is 2.27. The van der Waals surface area contributed by atoms with E-state index in [9.17, 15) is 0 Å². The van der Waals surface area contributed by atoms with Gasteiger partial charge in [0, 0.05) is 17.8 Å². The van der Waals surface area contributed by atoms with E-state index in [1.807, 2.05) is 6.08 Å². The Bertz CT molecular complexity index is 152. The largest absolute Gasteiger partial charge is 0.378 e. The van der Waals surface area contributed by atoms with Crippen LogP contribution in [-0.4, -0.2) is 18.0 Å². The molecule has 0 aromatic carbocycles. The van der Waals surface area contributed by atoms with Crippen molar-refractivity contribution < 1.29 is 4.74 Å². The van der Waals surface area contributed by atoms with E-state index >= 15 is 0 Å². The lowest BCUT2D eigenvalue weighted by molar-refractivity contribution is -0.00927. The summed E-state index contributed by atoms with van der Waals surface area (Å²) in [5.41, 5.74) is 0. The molecule has 13 heavy (non-hydrogen) atoms. The standard InChI is InChI=1S/C11H20OS/c1-3-9(11(13)4-2)10-7-5-6-8-12-10/h3,9-11,13H,1,4-8H2,2H3. The van der Waals surface area contributed by atoms with Gasteiger partial charge in [0.1, 0.15) is 0 Å². The van der Waals surface area contributed by atoms with Crippen LogP contribution in [0.1, 0.15) is 32.6 Å². The van der Waals surface area contributed by atoms with Gasteiger partial charge < -0.3 is 4.74 Å². The fourth-order valence-electron chi connectivity index (χ4n) is 1.90. The van der Waals surface area contributed by atoms with Crippen LogP contribution >= 0.6 is 12.6 Å². The van der Waals surface area contributed by atoms with Crippen molar-refractivity contribution in [2.75, 3.05) is 6.61 Å². The molecule has 0 N–H and O–H groups in total. The second kappa shape index (κ2) is 5.71. The zero-order valence-electron chi connectivity index (χ0n) is 8.41. The summed E-state index contributed by atoms with van der Waals surface area (Å²) in [6.45, 7) is 6.96. The molecule has 2 heteroatoms. The Kier molecular flexibility index (Phi) is 4.89. The van der Waals surface area contributed by atoms with Crippen molar-refractivity contribution in [1.29, 1.82) is 0 Å². The smallest absolute Gasteiger partial charge is 0.0648 e. The maximum absolute atomic E-state index is 5.73. The van der Waals surface area contributed by atoms with Crippen LogP contribution in [0.3, 0.4) is 0 Å². The van der Waals surface area contributed by atoms with Gasteiger partial charge in [-0.1, -0.05) is 13.0 Å². The zero-order valence-corrected chi connectivity index (χ0v) is 9.30. The normalized spacial score (nSPS) is 28.0. The lowest BCUT2D eigenvalue weighted by atomic mass is 9.91. The lowest BCUT2D eigenvalue weighted by Crippen LogP contribution is -2.32. The summed E-state index contributed by atoms with van der Waals surface area (Å²) in [6.07, 6.45) is 7.14. The molecule has 0 bridgehead atoms. The molecule has 3 unspecified atom stereocenters. The summed E-state index contributed by atoms with van der Waals surface area (Å²) in [5, 5.41) is 0.403. The van der Waals surface area contributed by atoms with Gasteiger partial charge >= 0.3 is 0 Å². The van der Waals surface area contributed by atoms with Crippen LogP contribution in [0.2, 0.25) is 0 Å². The number of thiol groups is 1. The third kappa shape index (κ3) is 3.03. The fraction of sp³-hybridized carbons (Fsp3) is 0.818. The van der Waals surface area contributed by atoms with E-state index in [1.165, 1.54) is 19.3 Å². The topological polar surface area (TPSA) is 9.23 Å². The molecule has 1 saturated heterocycles. The van der Waals surface area contributed by atoms with Gasteiger partial charge in [-0.05, 0) is 25.7 Å². The van der Waals surface area contributed by atoms with Gasteiger partial charge in [0.25, 0.3) is 0 Å². The molecular weight excluding hydrogens is 180 g/mol. The molecule has 0 aromatic heterocycles. The van der Waals surface area contributed by atoms with E-state index in [2.05, 4.69) is 26.1 Å². The van der Waals surface area contributed by atoms with Crippen molar-refractivity contribution in [1.82, 2.24) is 0 Å². The predicted octanol–water partition coefficient (Wildman–Crippen LogP) is 3.07. The Balaban J connectivity index is 2.48. The summed E-state index contributed by atoms with van der Waals surface area (Å²) in [6, 6.07) is 0. The monoisotopic (exact) mass is 200 g/mol. The lowest BCUT2D eigenvalue weighted by Gasteiger charge is -2.31. The predicted molar refractivity (Wildman–Crippen MR) is 60.3 cm³/mol. The molecule has 3 atom stereocenters. The number of rotatable bonds is 4. The zero-order chi connectivity index (χ0) is 9.68. The fourth-order valence-corrected chi connectivity index (χ4v) is 2.21. The minimum atomic E-state index is 0.369. The van der Waals surface area contributed by atoms with E-state index in [0.29, 0.717) is 17.3 Å². The van der Waals surface area contributed by atoms with Gasteiger partial charge in [-0.3, -0.25) is 0 Å². The van der Waals surface area contributed by atoms with Crippen LogP contribution in [0.4, 0.5) is 0 Å². The molecule has 0 aliphatic carbocycles. The van der Waals surface area contributed by atoms with Crippen molar-refractivity contribution in [3.8, 4) is 0 Å². The molecule has 1 aliphatic rings. The van der Waals surface area contributed by atoms with Crippen molar-refractivity contribution >= 4 is 12.6 Å². The molecule has 1 nitrogen and oxygen atoms in total. The number of hydrogen-bond acceptors (Lipinski definition) is 2. The Morgan fingerprint density at radius 1 is 1.62 bits per heavy atom. The SMILES string of the molecule is C=CC(C(S)CC)C1CCCCO1. The van der Waals surface area contributed by atoms with E-state index in [4.69, 9.17) is 4.74 Å². The summed E-state index contributed by atoms with van der Waals surface area (Å²) in [7, 11) is 0. The highest BCUT2D eigenvalue weighted by atomic mass is 32.1. The Morgan fingerprint density at radius 3 is 2.85 bits per heavy atom. The van der Waals surface area contributed by atoms with Gasteiger partial charge in [-0.25, -0.2) is 0 Å². The van der Waals surface area contributed by atoms with Crippen LogP contribution in [0.5, 0.6) is 0 Å². The molecule has 1 rings (SSSR count).